The molecule has 5 heteroatoms. The van der Waals surface area contributed by atoms with Crippen LogP contribution in [0.3, 0.4) is 0 Å². The highest BCUT2D eigenvalue weighted by Gasteiger charge is 2.29. The van der Waals surface area contributed by atoms with E-state index in [-0.39, 0.29) is 5.91 Å². The van der Waals surface area contributed by atoms with Crippen LogP contribution in [0.2, 0.25) is 0 Å². The Morgan fingerprint density at radius 1 is 1.32 bits per heavy atom. The first-order valence-corrected chi connectivity index (χ1v) is 6.08. The third-order valence-corrected chi connectivity index (χ3v) is 3.35. The molecule has 0 heterocycles. The molecule has 0 spiro atoms. The molecule has 5 nitrogen and oxygen atoms in total. The molecule has 106 valence electrons. The lowest BCUT2D eigenvalue weighted by molar-refractivity contribution is 0.0636. The molecule has 0 radical (unpaired) electrons. The van der Waals surface area contributed by atoms with Crippen LogP contribution >= 0.6 is 0 Å². The number of carbonyl (C=O) groups is 1. The summed E-state index contributed by atoms with van der Waals surface area (Å²) in [6.45, 7) is 4.20. The van der Waals surface area contributed by atoms with Gasteiger partial charge in [-0.25, -0.2) is 0 Å². The molecule has 0 fully saturated rings. The van der Waals surface area contributed by atoms with Crippen molar-refractivity contribution < 1.29 is 14.3 Å². The van der Waals surface area contributed by atoms with E-state index in [4.69, 9.17) is 15.2 Å². The molecule has 0 saturated carbocycles. The van der Waals surface area contributed by atoms with E-state index in [0.29, 0.717) is 23.6 Å². The Bertz CT molecular complexity index is 458. The molecule has 1 amide bonds. The van der Waals surface area contributed by atoms with Crippen LogP contribution in [0.25, 0.3) is 0 Å². The van der Waals surface area contributed by atoms with E-state index in [1.807, 2.05) is 13.8 Å². The lowest BCUT2D eigenvalue weighted by Gasteiger charge is -2.34. The Morgan fingerprint density at radius 2 is 1.95 bits per heavy atom. The molecule has 19 heavy (non-hydrogen) atoms. The van der Waals surface area contributed by atoms with Gasteiger partial charge in [-0.3, -0.25) is 4.79 Å². The smallest absolute Gasteiger partial charge is 0.257 e. The van der Waals surface area contributed by atoms with Crippen LogP contribution < -0.4 is 15.2 Å². The van der Waals surface area contributed by atoms with Gasteiger partial charge in [0.1, 0.15) is 0 Å². The minimum Gasteiger partial charge on any atom is -0.493 e. The van der Waals surface area contributed by atoms with Crippen LogP contribution in [-0.2, 0) is 0 Å². The molecule has 1 aromatic carbocycles. The summed E-state index contributed by atoms with van der Waals surface area (Å²) in [5.74, 6) is 0.827. The number of rotatable bonds is 5. The van der Waals surface area contributed by atoms with Crippen molar-refractivity contribution in [1.29, 1.82) is 0 Å². The lowest BCUT2D eigenvalue weighted by atomic mass is 10.0. The highest BCUT2D eigenvalue weighted by atomic mass is 16.5. The summed E-state index contributed by atoms with van der Waals surface area (Å²) in [6, 6.07) is 5.23. The topological polar surface area (TPSA) is 64.8 Å². The monoisotopic (exact) mass is 266 g/mol. The first-order chi connectivity index (χ1) is 8.88. The molecule has 0 aromatic heterocycles. The van der Waals surface area contributed by atoms with Gasteiger partial charge in [0.25, 0.3) is 5.91 Å². The van der Waals surface area contributed by atoms with Gasteiger partial charge in [-0.05, 0) is 26.0 Å². The maximum Gasteiger partial charge on any atom is 0.257 e. The number of carbonyl (C=O) groups excluding carboxylic acids is 1. The minimum atomic E-state index is -0.425. The summed E-state index contributed by atoms with van der Waals surface area (Å²) < 4.78 is 10.5. The Kier molecular flexibility index (Phi) is 4.78. The Morgan fingerprint density at radius 3 is 2.42 bits per heavy atom. The zero-order valence-corrected chi connectivity index (χ0v) is 12.2. The number of benzene rings is 1. The summed E-state index contributed by atoms with van der Waals surface area (Å²) >= 11 is 0. The third kappa shape index (κ3) is 2.98. The van der Waals surface area contributed by atoms with Gasteiger partial charge in [0.2, 0.25) is 0 Å². The molecule has 0 bridgehead atoms. The molecule has 0 aliphatic carbocycles. The number of likely N-dealkylation sites (N-methyl/N-ethyl adjacent to an activating group) is 1. The second kappa shape index (κ2) is 5.93. The van der Waals surface area contributed by atoms with Gasteiger partial charge < -0.3 is 20.1 Å². The fraction of sp³-hybridized carbons (Fsp3) is 0.500. The summed E-state index contributed by atoms with van der Waals surface area (Å²) in [5.41, 5.74) is 5.74. The van der Waals surface area contributed by atoms with Gasteiger partial charge in [0.05, 0.1) is 19.8 Å². The predicted octanol–water partition coefficient (Wildman–Crippen LogP) is 1.51. The van der Waals surface area contributed by atoms with E-state index in [2.05, 4.69) is 0 Å². The average molecular weight is 266 g/mol. The Hall–Kier alpha value is -1.75. The van der Waals surface area contributed by atoms with Crippen LogP contribution in [0.15, 0.2) is 18.2 Å². The highest BCUT2D eigenvalue weighted by Crippen LogP contribution is 2.32. The quantitative estimate of drug-likeness (QED) is 0.877. The van der Waals surface area contributed by atoms with Gasteiger partial charge in [-0.15, -0.1) is 0 Å². The Labute approximate surface area is 114 Å². The largest absolute Gasteiger partial charge is 0.493 e. The molecule has 0 atom stereocenters. The maximum atomic E-state index is 12.5. The van der Waals surface area contributed by atoms with Crippen molar-refractivity contribution in [2.24, 2.45) is 5.73 Å². The summed E-state index contributed by atoms with van der Waals surface area (Å²) in [4.78, 5) is 14.1. The predicted molar refractivity (Wildman–Crippen MR) is 74.8 cm³/mol. The molecular formula is C14H22N2O3. The van der Waals surface area contributed by atoms with E-state index in [9.17, 15) is 4.79 Å². The molecule has 0 aliphatic heterocycles. The van der Waals surface area contributed by atoms with Crippen LogP contribution in [0, 0.1) is 0 Å². The number of nitrogens with zero attached hydrogens (tertiary/aromatic N) is 1. The van der Waals surface area contributed by atoms with E-state index in [1.165, 1.54) is 7.11 Å². The van der Waals surface area contributed by atoms with Crippen LogP contribution in [0.4, 0.5) is 0 Å². The van der Waals surface area contributed by atoms with Crippen LogP contribution in [0.1, 0.15) is 24.2 Å². The van der Waals surface area contributed by atoms with E-state index in [0.717, 1.165) is 0 Å². The first kappa shape index (κ1) is 15.3. The normalized spacial score (nSPS) is 11.1. The molecule has 0 unspecified atom stereocenters. The van der Waals surface area contributed by atoms with E-state index >= 15 is 0 Å². The fourth-order valence-electron chi connectivity index (χ4n) is 1.65. The van der Waals surface area contributed by atoms with Crippen LogP contribution in [-0.4, -0.2) is 44.2 Å². The molecule has 2 N–H and O–H groups in total. The zero-order chi connectivity index (χ0) is 14.6. The summed E-state index contributed by atoms with van der Waals surface area (Å²) in [6.07, 6.45) is 0. The fourth-order valence-corrected chi connectivity index (χ4v) is 1.65. The molecule has 0 aliphatic rings. The van der Waals surface area contributed by atoms with Crippen molar-refractivity contribution in [1.82, 2.24) is 4.90 Å². The third-order valence-electron chi connectivity index (χ3n) is 3.35. The van der Waals surface area contributed by atoms with Crippen molar-refractivity contribution in [2.45, 2.75) is 19.4 Å². The van der Waals surface area contributed by atoms with E-state index < -0.39 is 5.54 Å². The van der Waals surface area contributed by atoms with Crippen LogP contribution in [0.5, 0.6) is 11.5 Å². The number of hydrogen-bond donors (Lipinski definition) is 1. The highest BCUT2D eigenvalue weighted by molar-refractivity contribution is 5.98. The zero-order valence-electron chi connectivity index (χ0n) is 12.2. The number of methoxy groups -OCH3 is 2. The lowest BCUT2D eigenvalue weighted by Crippen LogP contribution is -2.50. The Balaban J connectivity index is 3.20. The maximum absolute atomic E-state index is 12.5. The molecule has 1 aromatic rings. The van der Waals surface area contributed by atoms with Gasteiger partial charge >= 0.3 is 0 Å². The average Bonchev–Trinajstić information content (AvgIpc) is 2.44. The number of ether oxygens (including phenoxy) is 2. The van der Waals surface area contributed by atoms with Gasteiger partial charge in [0, 0.05) is 19.1 Å². The SMILES string of the molecule is COc1cccc(C(=O)N(C)C(C)(C)CN)c1OC. The second-order valence-corrected chi connectivity index (χ2v) is 4.92. The van der Waals surface area contributed by atoms with Crippen molar-refractivity contribution in [3.8, 4) is 11.5 Å². The number of hydrogen-bond acceptors (Lipinski definition) is 4. The van der Waals surface area contributed by atoms with Crippen molar-refractivity contribution >= 4 is 5.91 Å². The molecule has 1 rings (SSSR count). The van der Waals surface area contributed by atoms with E-state index in [1.54, 1.807) is 37.3 Å². The van der Waals surface area contributed by atoms with Gasteiger partial charge in [-0.2, -0.15) is 0 Å². The van der Waals surface area contributed by atoms with Gasteiger partial charge in [-0.1, -0.05) is 6.07 Å². The molecular weight excluding hydrogens is 244 g/mol. The van der Waals surface area contributed by atoms with Crippen molar-refractivity contribution in [3.05, 3.63) is 23.8 Å². The molecule has 0 saturated heterocycles. The number of para-hydroxylation sites is 1. The minimum absolute atomic E-state index is 0.147. The first-order valence-electron chi connectivity index (χ1n) is 6.08. The number of nitrogens with two attached hydrogens (primary N) is 1. The number of amides is 1. The summed E-state index contributed by atoms with van der Waals surface area (Å²) in [7, 11) is 4.79. The van der Waals surface area contributed by atoms with Gasteiger partial charge in [0.15, 0.2) is 11.5 Å². The van der Waals surface area contributed by atoms with Crippen molar-refractivity contribution in [3.63, 3.8) is 0 Å². The van der Waals surface area contributed by atoms with Crippen molar-refractivity contribution in [2.75, 3.05) is 27.8 Å². The summed E-state index contributed by atoms with van der Waals surface area (Å²) in [5, 5.41) is 0. The standard InChI is InChI=1S/C14H22N2O3/c1-14(2,9-15)16(3)13(17)10-7-6-8-11(18-4)12(10)19-5/h6-8H,9,15H2,1-5H3. The second-order valence-electron chi connectivity index (χ2n) is 4.92.